The molecule has 2 heterocycles. The van der Waals surface area contributed by atoms with Crippen molar-refractivity contribution in [3.8, 4) is 0 Å². The van der Waals surface area contributed by atoms with E-state index in [1.165, 1.54) is 36.6 Å². The van der Waals surface area contributed by atoms with Crippen LogP contribution in [0.15, 0.2) is 16.3 Å². The fourth-order valence-electron chi connectivity index (χ4n) is 2.33. The van der Waals surface area contributed by atoms with Crippen LogP contribution in [0.4, 0.5) is 0 Å². The Balaban J connectivity index is 1.80. The molecule has 1 saturated heterocycles. The Kier molecular flexibility index (Phi) is 5.92. The number of Topliss-reactive ketones (excluding diaryl/α,β-unsaturated/α-hetero) is 1. The molecule has 1 fully saturated rings. The number of piperidine rings is 1. The largest absolute Gasteiger partial charge is 0.303 e. The zero-order valence-corrected chi connectivity index (χ0v) is 13.5. The molecule has 0 aromatic carbocycles. The van der Waals surface area contributed by atoms with E-state index in [2.05, 4.69) is 24.8 Å². The number of carbonyl (C=O) groups is 1. The van der Waals surface area contributed by atoms with Crippen molar-refractivity contribution in [3.05, 3.63) is 17.0 Å². The second kappa shape index (κ2) is 7.46. The normalized spacial score (nSPS) is 17.0. The predicted octanol–water partition coefficient (Wildman–Crippen LogP) is 4.31. The minimum absolute atomic E-state index is 0.311. The smallest absolute Gasteiger partial charge is 0.174 e. The molecule has 0 atom stereocenters. The average molecular weight is 297 g/mol. The monoisotopic (exact) mass is 297 g/mol. The summed E-state index contributed by atoms with van der Waals surface area (Å²) in [4.78, 5) is 15.5. The fourth-order valence-corrected chi connectivity index (χ4v) is 4.69. The van der Waals surface area contributed by atoms with Gasteiger partial charge in [-0.05, 0) is 38.1 Å². The quantitative estimate of drug-likeness (QED) is 0.576. The molecular formula is C15H23NOS2. The first-order chi connectivity index (χ1) is 9.15. The Hall–Kier alpha value is -0.320. The van der Waals surface area contributed by atoms with Gasteiger partial charge in [0.1, 0.15) is 0 Å². The van der Waals surface area contributed by atoms with Crippen molar-refractivity contribution in [2.45, 2.75) is 49.0 Å². The molecule has 0 bridgehead atoms. The Morgan fingerprint density at radius 3 is 2.74 bits per heavy atom. The molecule has 0 amide bonds. The lowest BCUT2D eigenvalue weighted by Gasteiger charge is -2.25. The van der Waals surface area contributed by atoms with Gasteiger partial charge >= 0.3 is 0 Å². The number of ketones is 1. The first-order valence-electron chi connectivity index (χ1n) is 7.17. The van der Waals surface area contributed by atoms with E-state index < -0.39 is 0 Å². The first kappa shape index (κ1) is 15.1. The first-order valence-corrected chi connectivity index (χ1v) is 8.87. The lowest BCUT2D eigenvalue weighted by Crippen LogP contribution is -2.31. The number of likely N-dealkylation sites (tertiary alicyclic amines) is 1. The third kappa shape index (κ3) is 4.93. The number of hydrogen-bond acceptors (Lipinski definition) is 4. The highest BCUT2D eigenvalue weighted by Gasteiger charge is 2.14. The summed E-state index contributed by atoms with van der Waals surface area (Å²) in [6.45, 7) is 7.65. The summed E-state index contributed by atoms with van der Waals surface area (Å²) in [6, 6.07) is 4.08. The lowest BCUT2D eigenvalue weighted by molar-refractivity contribution is 0.0962. The van der Waals surface area contributed by atoms with Gasteiger partial charge in [0, 0.05) is 18.2 Å². The highest BCUT2D eigenvalue weighted by Crippen LogP contribution is 2.30. The standard InChI is InChI=1S/C15H23NOS2/c1-12(2)18-15-7-6-14(19-15)13(17)8-11-16-9-4-3-5-10-16/h6-7,12H,3-5,8-11H2,1-2H3. The molecule has 0 aliphatic carbocycles. The van der Waals surface area contributed by atoms with Crippen molar-refractivity contribution in [2.75, 3.05) is 19.6 Å². The second-order valence-corrected chi connectivity index (χ2v) is 8.32. The van der Waals surface area contributed by atoms with Crippen molar-refractivity contribution in [1.82, 2.24) is 4.90 Å². The van der Waals surface area contributed by atoms with Crippen molar-refractivity contribution in [3.63, 3.8) is 0 Å². The van der Waals surface area contributed by atoms with E-state index in [1.807, 2.05) is 17.8 Å². The van der Waals surface area contributed by atoms with Gasteiger partial charge in [0.2, 0.25) is 0 Å². The molecule has 0 saturated carbocycles. The Morgan fingerprint density at radius 1 is 1.32 bits per heavy atom. The van der Waals surface area contributed by atoms with Gasteiger partial charge in [-0.25, -0.2) is 0 Å². The van der Waals surface area contributed by atoms with E-state index in [0.29, 0.717) is 17.5 Å². The van der Waals surface area contributed by atoms with Gasteiger partial charge in [0.15, 0.2) is 5.78 Å². The van der Waals surface area contributed by atoms with Gasteiger partial charge < -0.3 is 4.90 Å². The van der Waals surface area contributed by atoms with Crippen molar-refractivity contribution in [1.29, 1.82) is 0 Å². The highest BCUT2D eigenvalue weighted by molar-refractivity contribution is 8.01. The summed E-state index contributed by atoms with van der Waals surface area (Å²) in [5.41, 5.74) is 0. The number of hydrogen-bond donors (Lipinski definition) is 0. The van der Waals surface area contributed by atoms with Crippen LogP contribution >= 0.6 is 23.1 Å². The molecule has 1 aliphatic rings. The average Bonchev–Trinajstić information content (AvgIpc) is 2.85. The number of thiophene rings is 1. The molecule has 106 valence electrons. The van der Waals surface area contributed by atoms with Gasteiger partial charge in [-0.2, -0.15) is 0 Å². The van der Waals surface area contributed by atoms with E-state index in [-0.39, 0.29) is 0 Å². The van der Waals surface area contributed by atoms with Crippen LogP contribution in [-0.4, -0.2) is 35.6 Å². The molecule has 1 aromatic rings. The molecule has 2 rings (SSSR count). The predicted molar refractivity (Wildman–Crippen MR) is 84.6 cm³/mol. The minimum Gasteiger partial charge on any atom is -0.303 e. The number of carbonyl (C=O) groups excluding carboxylic acids is 1. The maximum Gasteiger partial charge on any atom is 0.174 e. The van der Waals surface area contributed by atoms with Crippen LogP contribution < -0.4 is 0 Å². The molecule has 4 heteroatoms. The lowest BCUT2D eigenvalue weighted by atomic mass is 10.1. The zero-order valence-electron chi connectivity index (χ0n) is 11.9. The van der Waals surface area contributed by atoms with Gasteiger partial charge in [0.25, 0.3) is 0 Å². The number of thioether (sulfide) groups is 1. The number of nitrogens with zero attached hydrogens (tertiary/aromatic N) is 1. The summed E-state index contributed by atoms with van der Waals surface area (Å²) >= 11 is 3.49. The Labute approximate surface area is 124 Å². The molecule has 2 nitrogen and oxygen atoms in total. The Bertz CT molecular complexity index is 408. The van der Waals surface area contributed by atoms with Crippen molar-refractivity contribution in [2.24, 2.45) is 0 Å². The van der Waals surface area contributed by atoms with Crippen LogP contribution in [0.25, 0.3) is 0 Å². The maximum absolute atomic E-state index is 12.2. The molecule has 0 N–H and O–H groups in total. The van der Waals surface area contributed by atoms with Crippen molar-refractivity contribution >= 4 is 28.9 Å². The van der Waals surface area contributed by atoms with Gasteiger partial charge in [-0.1, -0.05) is 20.3 Å². The van der Waals surface area contributed by atoms with Gasteiger partial charge in [0.05, 0.1) is 9.09 Å². The molecule has 0 unspecified atom stereocenters. The van der Waals surface area contributed by atoms with Crippen LogP contribution in [0.5, 0.6) is 0 Å². The SMILES string of the molecule is CC(C)Sc1ccc(C(=O)CCN2CCCCC2)s1. The topological polar surface area (TPSA) is 20.3 Å². The second-order valence-electron chi connectivity index (χ2n) is 5.36. The van der Waals surface area contributed by atoms with Gasteiger partial charge in [-0.15, -0.1) is 23.1 Å². The van der Waals surface area contributed by atoms with E-state index >= 15 is 0 Å². The summed E-state index contributed by atoms with van der Waals surface area (Å²) in [6.07, 6.45) is 4.61. The summed E-state index contributed by atoms with van der Waals surface area (Å²) in [5, 5.41) is 0.579. The van der Waals surface area contributed by atoms with E-state index in [0.717, 1.165) is 11.4 Å². The molecule has 0 radical (unpaired) electrons. The van der Waals surface area contributed by atoms with Gasteiger partial charge in [-0.3, -0.25) is 4.79 Å². The fraction of sp³-hybridized carbons (Fsp3) is 0.667. The Morgan fingerprint density at radius 2 is 2.05 bits per heavy atom. The van der Waals surface area contributed by atoms with E-state index in [1.54, 1.807) is 11.3 Å². The molecular weight excluding hydrogens is 274 g/mol. The molecule has 1 aliphatic heterocycles. The third-order valence-electron chi connectivity index (χ3n) is 3.31. The van der Waals surface area contributed by atoms with Crippen LogP contribution in [0.3, 0.4) is 0 Å². The van der Waals surface area contributed by atoms with E-state index in [4.69, 9.17) is 0 Å². The number of rotatable bonds is 6. The molecule has 19 heavy (non-hydrogen) atoms. The summed E-state index contributed by atoms with van der Waals surface area (Å²) < 4.78 is 1.26. The minimum atomic E-state index is 0.311. The summed E-state index contributed by atoms with van der Waals surface area (Å²) in [5.74, 6) is 0.311. The zero-order chi connectivity index (χ0) is 13.7. The van der Waals surface area contributed by atoms with Crippen LogP contribution in [0, 0.1) is 0 Å². The van der Waals surface area contributed by atoms with Crippen LogP contribution in [-0.2, 0) is 0 Å². The van der Waals surface area contributed by atoms with Crippen LogP contribution in [0.2, 0.25) is 0 Å². The van der Waals surface area contributed by atoms with E-state index in [9.17, 15) is 4.79 Å². The van der Waals surface area contributed by atoms with Crippen LogP contribution in [0.1, 0.15) is 49.2 Å². The summed E-state index contributed by atoms with van der Waals surface area (Å²) in [7, 11) is 0. The molecule has 1 aromatic heterocycles. The maximum atomic E-state index is 12.2. The highest BCUT2D eigenvalue weighted by atomic mass is 32.2. The molecule has 0 spiro atoms. The van der Waals surface area contributed by atoms with Crippen molar-refractivity contribution < 1.29 is 4.79 Å². The third-order valence-corrected chi connectivity index (χ3v) is 5.61.